The van der Waals surface area contributed by atoms with Gasteiger partial charge >= 0.3 is 63.0 Å². The van der Waals surface area contributed by atoms with Gasteiger partial charge < -0.3 is 65.1 Å². The third-order valence-electron chi connectivity index (χ3n) is 3.84. The van der Waals surface area contributed by atoms with Crippen molar-refractivity contribution < 1.29 is 65.1 Å². The zero-order chi connectivity index (χ0) is 24.9. The van der Waals surface area contributed by atoms with Gasteiger partial charge in [-0.15, -0.1) is 0 Å². The van der Waals surface area contributed by atoms with Gasteiger partial charge in [-0.05, 0) is 38.3 Å². The molecule has 0 amide bonds. The molecular weight excluding hydrogens is 577 g/mol. The van der Waals surface area contributed by atoms with E-state index in [2.05, 4.69) is 0 Å². The van der Waals surface area contributed by atoms with Crippen LogP contribution >= 0.6 is 0 Å². The fraction of sp³-hybridized carbons (Fsp3) is 1.00. The molecule has 0 aromatic rings. The van der Waals surface area contributed by atoms with Crippen LogP contribution in [0.15, 0.2) is 0 Å². The van der Waals surface area contributed by atoms with Gasteiger partial charge in [-0.1, -0.05) is 0 Å². The Balaban J connectivity index is 0. The molecule has 0 spiro atoms. The summed E-state index contributed by atoms with van der Waals surface area (Å²) in [7, 11) is -30.8. The van der Waals surface area contributed by atoms with Gasteiger partial charge in [0.2, 0.25) is 0 Å². The lowest BCUT2D eigenvalue weighted by Gasteiger charge is -2.23. The van der Waals surface area contributed by atoms with Crippen molar-refractivity contribution in [3.8, 4) is 0 Å². The molecule has 0 aliphatic rings. The van der Waals surface area contributed by atoms with Crippen molar-refractivity contribution in [2.24, 2.45) is 0 Å². The Labute approximate surface area is 182 Å². The minimum absolute atomic E-state index is 0.836. The molecule has 0 aliphatic heterocycles. The van der Waals surface area contributed by atoms with Crippen LogP contribution in [-0.2, 0) is 26.8 Å². The van der Waals surface area contributed by atoms with Gasteiger partial charge in [0.15, 0.2) is 16.6 Å². The quantitative estimate of drug-likeness (QED) is 0.109. The van der Waals surface area contributed by atoms with E-state index in [9.17, 15) is 36.4 Å². The first-order chi connectivity index (χ1) is 13.1. The molecule has 0 rings (SSSR count). The molecule has 0 fully saturated rings. The summed E-state index contributed by atoms with van der Waals surface area (Å²) in [5.74, 6) is 0. The predicted octanol–water partition coefficient (Wildman–Crippen LogP) is -5.72. The molecule has 0 unspecified atom stereocenters. The van der Waals surface area contributed by atoms with E-state index in [0.717, 1.165) is 12.1 Å². The van der Waals surface area contributed by atoms with E-state index < -0.39 is 79.6 Å². The molecule has 0 aromatic carbocycles. The van der Waals surface area contributed by atoms with Crippen molar-refractivity contribution in [1.29, 1.82) is 0 Å². The standard InChI is InChI=1S/C6H18O2Si2.H6O12Si8/c1-9(2,7)5-6-10(3,4)8;1-13(2)19(14(3)4,15(5)6)20(16(7)8,17(9)10)18(11)12/h7-8H,5-6H2,1-4H3;1,3,5,7,9,11H. The maximum Gasteiger partial charge on any atom is 0.483 e. The summed E-state index contributed by atoms with van der Waals surface area (Å²) in [5, 5.41) is 0. The Morgan fingerprint density at radius 3 is 0.667 bits per heavy atom. The summed E-state index contributed by atoms with van der Waals surface area (Å²) in [4.78, 5) is 73.8. The van der Waals surface area contributed by atoms with Crippen molar-refractivity contribution in [3.05, 3.63) is 0 Å². The molecule has 0 radical (unpaired) electrons. The van der Waals surface area contributed by atoms with Gasteiger partial charge in [0.05, 0.1) is 0 Å². The second kappa shape index (κ2) is 11.5. The average molecular weight is 601 g/mol. The van der Waals surface area contributed by atoms with Crippen molar-refractivity contribution in [2.45, 2.75) is 38.3 Å². The highest BCUT2D eigenvalue weighted by atomic mass is 30.4. The molecule has 8 N–H and O–H groups in total. The van der Waals surface area contributed by atoms with Crippen LogP contribution in [0.4, 0.5) is 0 Å². The second-order valence-electron chi connectivity index (χ2n) is 7.46. The Morgan fingerprint density at radius 1 is 0.467 bits per heavy atom. The monoisotopic (exact) mass is 600 g/mol. The summed E-state index contributed by atoms with van der Waals surface area (Å²) in [6, 6.07) is 1.67. The van der Waals surface area contributed by atoms with Crippen LogP contribution in [0, 0.1) is 0 Å². The van der Waals surface area contributed by atoms with E-state index >= 15 is 0 Å². The zero-order valence-electron chi connectivity index (χ0n) is 16.4. The summed E-state index contributed by atoms with van der Waals surface area (Å²) in [6.07, 6.45) is -11.2. The van der Waals surface area contributed by atoms with E-state index in [1.807, 2.05) is 26.2 Å². The fourth-order valence-electron chi connectivity index (χ4n) is 2.12. The lowest BCUT2D eigenvalue weighted by atomic mass is 10.9. The highest BCUT2D eigenvalue weighted by Crippen LogP contribution is 2.19. The van der Waals surface area contributed by atoms with E-state index in [-0.39, 0.29) is 0 Å². The Kier molecular flexibility index (Phi) is 12.2. The minimum Gasteiger partial charge on any atom is -0.542 e. The number of hydrogen-bond donors (Lipinski definition) is 8. The van der Waals surface area contributed by atoms with E-state index in [1.165, 1.54) is 0 Å². The van der Waals surface area contributed by atoms with Gasteiger partial charge in [0.25, 0.3) is 0 Å². The predicted molar refractivity (Wildman–Crippen MR) is 112 cm³/mol. The molecule has 172 valence electrons. The molecular formula is C6H24O14Si10. The summed E-state index contributed by atoms with van der Waals surface area (Å²) in [5.41, 5.74) is 0. The highest BCUT2D eigenvalue weighted by molar-refractivity contribution is 8.14. The maximum absolute atomic E-state index is 11.4. The zero-order valence-corrected chi connectivity index (χ0v) is 26.4. The van der Waals surface area contributed by atoms with Crippen molar-refractivity contribution in [3.63, 3.8) is 0 Å². The van der Waals surface area contributed by atoms with Gasteiger partial charge in [-0.2, -0.15) is 0 Å². The minimum atomic E-state index is -5.60. The summed E-state index contributed by atoms with van der Waals surface area (Å²) < 4.78 is 68.3. The van der Waals surface area contributed by atoms with Gasteiger partial charge in [0, 0.05) is 0 Å². The van der Waals surface area contributed by atoms with Crippen molar-refractivity contribution in [1.82, 2.24) is 0 Å². The normalized spacial score (nSPS) is 12.2. The van der Waals surface area contributed by atoms with Crippen LogP contribution in [0.1, 0.15) is 0 Å². The highest BCUT2D eigenvalue weighted by Gasteiger charge is 2.91. The molecule has 0 saturated carbocycles. The molecule has 0 atom stereocenters. The van der Waals surface area contributed by atoms with Crippen molar-refractivity contribution >= 4 is 79.6 Å². The van der Waals surface area contributed by atoms with E-state index in [4.69, 9.17) is 28.8 Å². The lowest BCUT2D eigenvalue weighted by molar-refractivity contribution is 0.439. The third-order valence-corrected chi connectivity index (χ3v) is 102. The first-order valence-corrected chi connectivity index (χ1v) is 33.4. The van der Waals surface area contributed by atoms with Gasteiger partial charge in [0.1, 0.15) is 0 Å². The summed E-state index contributed by atoms with van der Waals surface area (Å²) >= 11 is 0. The van der Waals surface area contributed by atoms with Crippen LogP contribution in [0.25, 0.3) is 0 Å². The molecule has 0 heterocycles. The largest absolute Gasteiger partial charge is 0.542 e. The Bertz CT molecular complexity index is 602. The molecule has 24 heteroatoms. The topological polar surface area (TPSA) is 264 Å². The SMILES string of the molecule is C[Si](C)(O)CC[Si](C)(C)O.O=[Si](O)[Si]([Si](=O)O)([Si](=O)O)[Si]([Si](=O)O)([Si](=O)O)[Si](=O)O. The molecule has 30 heavy (non-hydrogen) atoms. The van der Waals surface area contributed by atoms with Gasteiger partial charge in [-0.3, -0.25) is 0 Å². The van der Waals surface area contributed by atoms with E-state index in [1.54, 1.807) is 0 Å². The summed E-state index contributed by atoms with van der Waals surface area (Å²) in [6.45, 7) is 7.64. The van der Waals surface area contributed by atoms with Crippen LogP contribution in [-0.4, -0.2) is 118 Å². The van der Waals surface area contributed by atoms with Crippen molar-refractivity contribution in [2.75, 3.05) is 0 Å². The first kappa shape index (κ1) is 31.9. The van der Waals surface area contributed by atoms with Crippen LogP contribution in [0.3, 0.4) is 0 Å². The third kappa shape index (κ3) is 7.38. The van der Waals surface area contributed by atoms with Gasteiger partial charge in [-0.25, -0.2) is 0 Å². The molecule has 0 saturated heterocycles. The Hall–Kier alpha value is -0.311. The van der Waals surface area contributed by atoms with Crippen LogP contribution in [0.2, 0.25) is 38.3 Å². The second-order valence-corrected chi connectivity index (χ2v) is 66.1. The molecule has 0 aliphatic carbocycles. The molecule has 14 nitrogen and oxygen atoms in total. The number of hydrogen-bond acceptors (Lipinski definition) is 8. The fourth-order valence-corrected chi connectivity index (χ4v) is 98.3. The smallest absolute Gasteiger partial charge is 0.483 e. The maximum atomic E-state index is 11.4. The van der Waals surface area contributed by atoms with E-state index in [0.29, 0.717) is 0 Å². The molecule has 0 bridgehead atoms. The first-order valence-electron chi connectivity index (χ1n) is 7.97. The Morgan fingerprint density at radius 2 is 0.600 bits per heavy atom. The average Bonchev–Trinajstić information content (AvgIpc) is 2.47. The molecule has 0 aromatic heterocycles. The van der Waals surface area contributed by atoms with Crippen LogP contribution < -0.4 is 0 Å². The lowest BCUT2D eigenvalue weighted by Crippen LogP contribution is -2.91. The number of rotatable bonds is 10. The van der Waals surface area contributed by atoms with Crippen LogP contribution in [0.5, 0.6) is 0 Å².